The quantitative estimate of drug-likeness (QED) is 0.640. The minimum absolute atomic E-state index is 0.0952. The van der Waals surface area contributed by atoms with E-state index in [1.54, 1.807) is 4.57 Å². The van der Waals surface area contributed by atoms with E-state index in [0.717, 1.165) is 6.54 Å². The fraction of sp³-hybridized carbons (Fsp3) is 0.471. The summed E-state index contributed by atoms with van der Waals surface area (Å²) in [4.78, 5) is 16.6. The van der Waals surface area contributed by atoms with Crippen LogP contribution in [0, 0.1) is 10.1 Å². The molecule has 1 aromatic carbocycles. The first-order chi connectivity index (χ1) is 11.3. The molecule has 0 fully saturated rings. The third-order valence-corrected chi connectivity index (χ3v) is 4.84. The number of hydrogen-bond donors (Lipinski definition) is 0. The van der Waals surface area contributed by atoms with E-state index in [1.807, 2.05) is 6.92 Å². The fourth-order valence-electron chi connectivity index (χ4n) is 3.88. The maximum atomic E-state index is 10.8. The molecule has 1 unspecified atom stereocenters. The number of anilines is 1. The van der Waals surface area contributed by atoms with Crippen LogP contribution >= 0.6 is 0 Å². The van der Waals surface area contributed by atoms with Gasteiger partial charge in [-0.15, -0.1) is 0 Å². The normalized spacial score (nSPS) is 23.7. The molecule has 0 amide bonds. The van der Waals surface area contributed by atoms with Crippen molar-refractivity contribution in [1.82, 2.24) is 9.55 Å². The van der Waals surface area contributed by atoms with Gasteiger partial charge in [-0.2, -0.15) is 0 Å². The average molecular weight is 328 g/mol. The Bertz CT molecular complexity index is 803. The predicted molar refractivity (Wildman–Crippen MR) is 89.6 cm³/mol. The SMILES string of the molecule is CC1(CN2CC(C)(C)c3ccccc32)Cn2cc([N+](=O)[O-])nc2O1. The number of hydrogen-bond acceptors (Lipinski definition) is 5. The van der Waals surface area contributed by atoms with Crippen LogP contribution in [-0.2, 0) is 12.0 Å². The lowest BCUT2D eigenvalue weighted by Crippen LogP contribution is -2.45. The van der Waals surface area contributed by atoms with Crippen LogP contribution in [0.15, 0.2) is 30.5 Å². The van der Waals surface area contributed by atoms with E-state index in [1.165, 1.54) is 17.4 Å². The molecule has 2 aliphatic heterocycles. The Morgan fingerprint density at radius 3 is 2.75 bits per heavy atom. The molecule has 0 N–H and O–H groups in total. The van der Waals surface area contributed by atoms with Crippen LogP contribution in [0.25, 0.3) is 0 Å². The first kappa shape index (κ1) is 15.0. The van der Waals surface area contributed by atoms with Gasteiger partial charge in [0.15, 0.2) is 0 Å². The molecule has 7 nitrogen and oxygen atoms in total. The van der Waals surface area contributed by atoms with E-state index in [2.05, 4.69) is 48.0 Å². The lowest BCUT2D eigenvalue weighted by Gasteiger charge is -2.30. The number of fused-ring (bicyclic) bond motifs is 2. The van der Waals surface area contributed by atoms with Gasteiger partial charge in [0.25, 0.3) is 0 Å². The number of ether oxygens (including phenoxy) is 1. The summed E-state index contributed by atoms with van der Waals surface area (Å²) in [6.45, 7) is 8.72. The van der Waals surface area contributed by atoms with Crippen molar-refractivity contribution in [2.24, 2.45) is 0 Å². The van der Waals surface area contributed by atoms with Crippen LogP contribution in [0.1, 0.15) is 26.3 Å². The van der Waals surface area contributed by atoms with Crippen LogP contribution in [0.3, 0.4) is 0 Å². The lowest BCUT2D eigenvalue weighted by atomic mass is 9.87. The smallest absolute Gasteiger partial charge is 0.415 e. The molecule has 1 atom stereocenters. The van der Waals surface area contributed by atoms with Gasteiger partial charge in [0.05, 0.1) is 13.1 Å². The summed E-state index contributed by atoms with van der Waals surface area (Å²) in [6.07, 6.45) is 1.45. The molecule has 7 heteroatoms. The molecule has 126 valence electrons. The zero-order valence-electron chi connectivity index (χ0n) is 14.0. The Labute approximate surface area is 140 Å². The summed E-state index contributed by atoms with van der Waals surface area (Å²) in [7, 11) is 0. The van der Waals surface area contributed by atoms with Crippen molar-refractivity contribution in [3.05, 3.63) is 46.1 Å². The summed E-state index contributed by atoms with van der Waals surface area (Å²) in [5.74, 6) is -0.167. The molecule has 2 aromatic rings. The largest absolute Gasteiger partial charge is 0.436 e. The highest BCUT2D eigenvalue weighted by Crippen LogP contribution is 2.42. The van der Waals surface area contributed by atoms with E-state index >= 15 is 0 Å². The lowest BCUT2D eigenvalue weighted by molar-refractivity contribution is -0.389. The van der Waals surface area contributed by atoms with Gasteiger partial charge in [-0.3, -0.25) is 4.57 Å². The third-order valence-electron chi connectivity index (χ3n) is 4.84. The maximum Gasteiger partial charge on any atom is 0.415 e. The van der Waals surface area contributed by atoms with Gasteiger partial charge in [0, 0.05) is 22.6 Å². The molecular formula is C17H20N4O3. The predicted octanol–water partition coefficient (Wildman–Crippen LogP) is 2.74. The minimum atomic E-state index is -0.495. The molecule has 0 bridgehead atoms. The van der Waals surface area contributed by atoms with E-state index in [-0.39, 0.29) is 11.2 Å². The molecule has 0 saturated carbocycles. The Kier molecular flexibility index (Phi) is 2.95. The molecule has 0 aliphatic carbocycles. The molecule has 0 spiro atoms. The summed E-state index contributed by atoms with van der Waals surface area (Å²) in [6, 6.07) is 8.79. The summed E-state index contributed by atoms with van der Waals surface area (Å²) < 4.78 is 7.70. The summed E-state index contributed by atoms with van der Waals surface area (Å²) in [5.41, 5.74) is 2.23. The van der Waals surface area contributed by atoms with Gasteiger partial charge >= 0.3 is 11.8 Å². The molecule has 3 heterocycles. The number of nitro groups is 1. The number of benzene rings is 1. The second kappa shape index (κ2) is 4.72. The highest BCUT2D eigenvalue weighted by atomic mass is 16.6. The first-order valence-electron chi connectivity index (χ1n) is 8.02. The van der Waals surface area contributed by atoms with Gasteiger partial charge in [-0.05, 0) is 23.5 Å². The highest BCUT2D eigenvalue weighted by molar-refractivity contribution is 5.62. The van der Waals surface area contributed by atoms with Crippen molar-refractivity contribution in [2.45, 2.75) is 38.3 Å². The maximum absolute atomic E-state index is 10.8. The number of rotatable bonds is 3. The molecule has 4 rings (SSSR count). The third kappa shape index (κ3) is 2.23. The summed E-state index contributed by atoms with van der Waals surface area (Å²) >= 11 is 0. The number of imidazole rings is 1. The molecule has 2 aliphatic rings. The van der Waals surface area contributed by atoms with Crippen LogP contribution in [0.5, 0.6) is 6.01 Å². The Balaban J connectivity index is 1.56. The zero-order valence-corrected chi connectivity index (χ0v) is 14.0. The number of aromatic nitrogens is 2. The van der Waals surface area contributed by atoms with Crippen molar-refractivity contribution in [2.75, 3.05) is 18.0 Å². The molecule has 24 heavy (non-hydrogen) atoms. The van der Waals surface area contributed by atoms with E-state index in [4.69, 9.17) is 4.74 Å². The molecule has 0 saturated heterocycles. The molecule has 1 aromatic heterocycles. The van der Waals surface area contributed by atoms with Crippen LogP contribution in [0.4, 0.5) is 11.5 Å². The monoisotopic (exact) mass is 328 g/mol. The van der Waals surface area contributed by atoms with Crippen molar-refractivity contribution in [3.8, 4) is 6.01 Å². The Hall–Kier alpha value is -2.57. The second-order valence-corrected chi connectivity index (χ2v) is 7.58. The van der Waals surface area contributed by atoms with E-state index in [0.29, 0.717) is 19.1 Å². The van der Waals surface area contributed by atoms with Crippen LogP contribution in [0.2, 0.25) is 0 Å². The fourth-order valence-corrected chi connectivity index (χ4v) is 3.88. The zero-order chi connectivity index (χ0) is 17.1. The van der Waals surface area contributed by atoms with Gasteiger partial charge in [0.2, 0.25) is 0 Å². The van der Waals surface area contributed by atoms with Gasteiger partial charge in [-0.25, -0.2) is 0 Å². The Morgan fingerprint density at radius 1 is 1.29 bits per heavy atom. The van der Waals surface area contributed by atoms with Gasteiger partial charge in [0.1, 0.15) is 11.8 Å². The van der Waals surface area contributed by atoms with E-state index < -0.39 is 10.5 Å². The van der Waals surface area contributed by atoms with Gasteiger partial charge in [-0.1, -0.05) is 32.0 Å². The van der Waals surface area contributed by atoms with Gasteiger partial charge < -0.3 is 19.8 Å². The van der Waals surface area contributed by atoms with Crippen LogP contribution < -0.4 is 9.64 Å². The highest BCUT2D eigenvalue weighted by Gasteiger charge is 2.44. The average Bonchev–Trinajstić information content (AvgIpc) is 3.08. The Morgan fingerprint density at radius 2 is 2.04 bits per heavy atom. The van der Waals surface area contributed by atoms with E-state index in [9.17, 15) is 10.1 Å². The summed E-state index contributed by atoms with van der Waals surface area (Å²) in [5, 5.41) is 10.8. The first-order valence-corrected chi connectivity index (χ1v) is 8.02. The topological polar surface area (TPSA) is 73.4 Å². The van der Waals surface area contributed by atoms with Crippen molar-refractivity contribution < 1.29 is 9.66 Å². The van der Waals surface area contributed by atoms with Crippen molar-refractivity contribution >= 4 is 11.5 Å². The second-order valence-electron chi connectivity index (χ2n) is 7.58. The minimum Gasteiger partial charge on any atom is -0.436 e. The molecular weight excluding hydrogens is 308 g/mol. The van der Waals surface area contributed by atoms with Crippen molar-refractivity contribution in [3.63, 3.8) is 0 Å². The number of para-hydroxylation sites is 1. The molecule has 0 radical (unpaired) electrons. The number of nitrogens with zero attached hydrogens (tertiary/aromatic N) is 4. The standard InChI is InChI=1S/C17H20N4O3/c1-16(2)9-20(13-7-5-4-6-12(13)16)11-17(3)10-19-8-14(21(22)23)18-15(19)24-17/h4-8H,9-11H2,1-3H3. The van der Waals surface area contributed by atoms with Crippen molar-refractivity contribution in [1.29, 1.82) is 0 Å². The van der Waals surface area contributed by atoms with Crippen LogP contribution in [-0.4, -0.2) is 33.2 Å².